The predicted molar refractivity (Wildman–Crippen MR) is 83.0 cm³/mol. The summed E-state index contributed by atoms with van der Waals surface area (Å²) >= 11 is 10.7. The number of nitrogens with one attached hydrogen (secondary N) is 1. The van der Waals surface area contributed by atoms with Gasteiger partial charge in [0.2, 0.25) is 0 Å². The molecule has 0 fully saturated rings. The van der Waals surface area contributed by atoms with Crippen LogP contribution in [0, 0.1) is 4.77 Å². The van der Waals surface area contributed by atoms with Crippen LogP contribution in [0.5, 0.6) is 0 Å². The summed E-state index contributed by atoms with van der Waals surface area (Å²) in [6.45, 7) is 2.17. The van der Waals surface area contributed by atoms with Crippen LogP contribution in [0.4, 0.5) is 0 Å². The van der Waals surface area contributed by atoms with E-state index in [0.717, 1.165) is 20.3 Å². The number of hydrogen-bond donors (Lipinski definition) is 1. The molecule has 0 aliphatic carbocycles. The Labute approximate surface area is 122 Å². The van der Waals surface area contributed by atoms with Crippen molar-refractivity contribution in [2.75, 3.05) is 0 Å². The molecule has 1 aromatic carbocycles. The minimum atomic E-state index is 0.242. The number of imidazole rings is 1. The number of H-pyrrole nitrogens is 1. The summed E-state index contributed by atoms with van der Waals surface area (Å²) in [6, 6.07) is 8.56. The molecule has 0 radical (unpaired) electrons. The van der Waals surface area contributed by atoms with Crippen LogP contribution in [0.1, 0.15) is 18.5 Å². The topological polar surface area (TPSA) is 20.7 Å². The summed E-state index contributed by atoms with van der Waals surface area (Å²) in [6.07, 6.45) is 0. The van der Waals surface area contributed by atoms with Gasteiger partial charge >= 0.3 is 0 Å². The third-order valence-electron chi connectivity index (χ3n) is 3.09. The van der Waals surface area contributed by atoms with E-state index in [1.807, 2.05) is 12.1 Å². The Bertz CT molecular complexity index is 740. The fourth-order valence-electron chi connectivity index (χ4n) is 2.14. The lowest BCUT2D eigenvalue weighted by Crippen LogP contribution is -2.05. The Morgan fingerprint density at radius 2 is 2.22 bits per heavy atom. The average molecular weight is 339 g/mol. The van der Waals surface area contributed by atoms with Crippen LogP contribution in [0.3, 0.4) is 0 Å². The molecule has 2 nitrogen and oxygen atoms in total. The molecule has 3 rings (SSSR count). The van der Waals surface area contributed by atoms with Gasteiger partial charge in [0, 0.05) is 4.47 Å². The van der Waals surface area contributed by atoms with E-state index in [0.29, 0.717) is 0 Å². The Morgan fingerprint density at radius 3 is 2.94 bits per heavy atom. The van der Waals surface area contributed by atoms with Crippen LogP contribution in [-0.4, -0.2) is 9.55 Å². The summed E-state index contributed by atoms with van der Waals surface area (Å²) in [5, 5.41) is 4.27. The zero-order valence-electron chi connectivity index (χ0n) is 9.68. The van der Waals surface area contributed by atoms with Crippen molar-refractivity contribution in [2.24, 2.45) is 0 Å². The first-order valence-electron chi connectivity index (χ1n) is 5.58. The average Bonchev–Trinajstić information content (AvgIpc) is 2.94. The van der Waals surface area contributed by atoms with Crippen LogP contribution in [-0.2, 0) is 0 Å². The molecule has 18 heavy (non-hydrogen) atoms. The van der Waals surface area contributed by atoms with E-state index in [-0.39, 0.29) is 6.04 Å². The summed E-state index contributed by atoms with van der Waals surface area (Å²) in [5.41, 5.74) is 3.50. The molecule has 3 aromatic rings. The fourth-order valence-corrected chi connectivity index (χ4v) is 3.60. The summed E-state index contributed by atoms with van der Waals surface area (Å²) in [4.78, 5) is 3.26. The van der Waals surface area contributed by atoms with Crippen LogP contribution in [0.15, 0.2) is 39.5 Å². The van der Waals surface area contributed by atoms with Gasteiger partial charge < -0.3 is 9.55 Å². The molecule has 2 heterocycles. The Balaban J connectivity index is 2.25. The van der Waals surface area contributed by atoms with E-state index in [1.54, 1.807) is 11.3 Å². The molecule has 1 N–H and O–H groups in total. The standard InChI is InChI=1S/C13H11BrN2S2/c1-8(9-4-5-18-7-9)16-12-6-10(14)2-3-11(12)15-13(16)17/h2-8H,1H3,(H,15,17). The molecule has 0 bridgehead atoms. The van der Waals surface area contributed by atoms with Gasteiger partial charge in [0.25, 0.3) is 0 Å². The van der Waals surface area contributed by atoms with Crippen LogP contribution in [0.25, 0.3) is 11.0 Å². The maximum absolute atomic E-state index is 5.44. The Kier molecular flexibility index (Phi) is 3.13. The lowest BCUT2D eigenvalue weighted by atomic mass is 10.2. The smallest absolute Gasteiger partial charge is 0.178 e. The molecule has 0 aliphatic rings. The Morgan fingerprint density at radius 1 is 1.39 bits per heavy atom. The van der Waals surface area contributed by atoms with Crippen molar-refractivity contribution >= 4 is 50.5 Å². The number of aromatic amines is 1. The molecule has 0 amide bonds. The molecular weight excluding hydrogens is 328 g/mol. The maximum atomic E-state index is 5.44. The summed E-state index contributed by atoms with van der Waals surface area (Å²) < 4.78 is 3.99. The zero-order valence-corrected chi connectivity index (χ0v) is 12.9. The monoisotopic (exact) mass is 338 g/mol. The van der Waals surface area contributed by atoms with Gasteiger partial charge in [0.05, 0.1) is 17.1 Å². The van der Waals surface area contributed by atoms with Gasteiger partial charge in [-0.2, -0.15) is 11.3 Å². The predicted octanol–water partition coefficient (Wildman–Crippen LogP) is 5.13. The normalized spacial score (nSPS) is 13.0. The van der Waals surface area contributed by atoms with E-state index < -0.39 is 0 Å². The highest BCUT2D eigenvalue weighted by atomic mass is 79.9. The minimum absolute atomic E-state index is 0.242. The van der Waals surface area contributed by atoms with Crippen molar-refractivity contribution in [2.45, 2.75) is 13.0 Å². The fraction of sp³-hybridized carbons (Fsp3) is 0.154. The van der Waals surface area contributed by atoms with Crippen molar-refractivity contribution in [1.29, 1.82) is 0 Å². The number of rotatable bonds is 2. The zero-order chi connectivity index (χ0) is 12.7. The first kappa shape index (κ1) is 12.1. The van der Waals surface area contributed by atoms with Crippen LogP contribution < -0.4 is 0 Å². The van der Waals surface area contributed by atoms with Crippen LogP contribution >= 0.6 is 39.5 Å². The number of nitrogens with zero attached hydrogens (tertiary/aromatic N) is 1. The second-order valence-electron chi connectivity index (χ2n) is 4.19. The van der Waals surface area contributed by atoms with Crippen molar-refractivity contribution in [3.8, 4) is 0 Å². The molecule has 5 heteroatoms. The molecule has 92 valence electrons. The van der Waals surface area contributed by atoms with Crippen molar-refractivity contribution in [3.05, 3.63) is 49.8 Å². The van der Waals surface area contributed by atoms with E-state index in [1.165, 1.54) is 5.56 Å². The highest BCUT2D eigenvalue weighted by molar-refractivity contribution is 9.10. The highest BCUT2D eigenvalue weighted by Crippen LogP contribution is 2.27. The number of thiophene rings is 1. The lowest BCUT2D eigenvalue weighted by Gasteiger charge is -2.13. The molecule has 0 saturated carbocycles. The number of fused-ring (bicyclic) bond motifs is 1. The molecule has 2 aromatic heterocycles. The van der Waals surface area contributed by atoms with Gasteiger partial charge in [-0.25, -0.2) is 0 Å². The lowest BCUT2D eigenvalue weighted by molar-refractivity contribution is 0.651. The van der Waals surface area contributed by atoms with Crippen molar-refractivity contribution in [1.82, 2.24) is 9.55 Å². The highest BCUT2D eigenvalue weighted by Gasteiger charge is 2.13. The molecule has 0 aliphatic heterocycles. The number of halogens is 1. The number of aromatic nitrogens is 2. The summed E-state index contributed by atoms with van der Waals surface area (Å²) in [7, 11) is 0. The second-order valence-corrected chi connectivity index (χ2v) is 6.28. The quantitative estimate of drug-likeness (QED) is 0.642. The van der Waals surface area contributed by atoms with E-state index in [2.05, 4.69) is 55.3 Å². The first-order chi connectivity index (χ1) is 8.66. The Hall–Kier alpha value is -0.910. The van der Waals surface area contributed by atoms with Gasteiger partial charge in [0.1, 0.15) is 0 Å². The van der Waals surface area contributed by atoms with Gasteiger partial charge in [-0.05, 0) is 59.7 Å². The molecule has 0 spiro atoms. The van der Waals surface area contributed by atoms with E-state index in [4.69, 9.17) is 12.2 Å². The molecular formula is C13H11BrN2S2. The summed E-state index contributed by atoms with van der Waals surface area (Å²) in [5.74, 6) is 0. The van der Waals surface area contributed by atoms with Crippen molar-refractivity contribution < 1.29 is 0 Å². The minimum Gasteiger partial charge on any atom is -0.331 e. The largest absolute Gasteiger partial charge is 0.331 e. The molecule has 0 saturated heterocycles. The maximum Gasteiger partial charge on any atom is 0.178 e. The molecule has 1 unspecified atom stereocenters. The molecule has 1 atom stereocenters. The van der Waals surface area contributed by atoms with E-state index in [9.17, 15) is 0 Å². The SMILES string of the molecule is CC(c1ccsc1)n1c(=S)[nH]c2ccc(Br)cc21. The van der Waals surface area contributed by atoms with Gasteiger partial charge in [-0.3, -0.25) is 0 Å². The third kappa shape index (κ3) is 1.96. The van der Waals surface area contributed by atoms with Gasteiger partial charge in [0.15, 0.2) is 4.77 Å². The van der Waals surface area contributed by atoms with Crippen molar-refractivity contribution in [3.63, 3.8) is 0 Å². The van der Waals surface area contributed by atoms with Gasteiger partial charge in [-0.1, -0.05) is 15.9 Å². The van der Waals surface area contributed by atoms with Crippen LogP contribution in [0.2, 0.25) is 0 Å². The van der Waals surface area contributed by atoms with Gasteiger partial charge in [-0.15, -0.1) is 0 Å². The van der Waals surface area contributed by atoms with E-state index >= 15 is 0 Å². The first-order valence-corrected chi connectivity index (χ1v) is 7.73. The number of benzene rings is 1. The second kappa shape index (κ2) is 4.64. The number of hydrogen-bond acceptors (Lipinski definition) is 2. The third-order valence-corrected chi connectivity index (χ3v) is 4.59.